The zero-order chi connectivity index (χ0) is 90.5. The summed E-state index contributed by atoms with van der Waals surface area (Å²) in [6.07, 6.45) is 4.18. The summed E-state index contributed by atoms with van der Waals surface area (Å²) in [5, 5.41) is 20.5. The molecule has 18 aromatic carbocycles. The van der Waals surface area contributed by atoms with Gasteiger partial charge in [0.2, 0.25) is 0 Å². The second-order valence-electron chi connectivity index (χ2n) is 42.2. The third kappa shape index (κ3) is 13.6. The van der Waals surface area contributed by atoms with Crippen LogP contribution in [-0.4, -0.2) is 0 Å². The highest BCUT2D eigenvalue weighted by atomic mass is 16.3. The molecule has 6 nitrogen and oxygen atoms in total. The third-order valence-electron chi connectivity index (χ3n) is 29.7. The Morgan fingerprint density at radius 3 is 1.01 bits per heavy atom. The highest BCUT2D eigenvalue weighted by molar-refractivity contribution is 6.33. The van der Waals surface area contributed by atoms with Crippen LogP contribution in [0.4, 0.5) is 68.2 Å². The van der Waals surface area contributed by atoms with E-state index in [0.717, 1.165) is 104 Å². The minimum Gasteiger partial charge on any atom is -0.454 e. The van der Waals surface area contributed by atoms with E-state index in [1.165, 1.54) is 188 Å². The first-order valence-corrected chi connectivity index (χ1v) is 47.3. The van der Waals surface area contributed by atoms with Gasteiger partial charge in [-0.25, -0.2) is 0 Å². The van der Waals surface area contributed by atoms with Crippen LogP contribution in [0.1, 0.15) is 211 Å². The number of nitrogens with zero attached hydrogens (tertiary/aromatic N) is 4. The van der Waals surface area contributed by atoms with Crippen molar-refractivity contribution >= 4 is 177 Å². The maximum atomic E-state index is 6.87. The lowest BCUT2D eigenvalue weighted by Gasteiger charge is -2.38. The molecule has 0 radical (unpaired) electrons. The van der Waals surface area contributed by atoms with Crippen LogP contribution in [0.2, 0.25) is 0 Å². The van der Waals surface area contributed by atoms with E-state index >= 15 is 0 Å². The highest BCUT2D eigenvalue weighted by Crippen LogP contribution is 2.59. The van der Waals surface area contributed by atoms with Crippen molar-refractivity contribution in [2.24, 2.45) is 0 Å². The van der Waals surface area contributed by atoms with Gasteiger partial charge in [-0.15, -0.1) is 0 Å². The molecule has 22 rings (SSSR count). The van der Waals surface area contributed by atoms with Gasteiger partial charge in [-0.05, 0) is 345 Å². The number of anilines is 12. The van der Waals surface area contributed by atoms with Crippen molar-refractivity contribution in [2.45, 2.75) is 212 Å². The number of rotatable bonds is 14. The molecule has 20 aromatic rings. The normalized spacial score (nSPS) is 13.9. The minimum atomic E-state index is -0.0574. The molecule has 0 aliphatic heterocycles. The van der Waals surface area contributed by atoms with E-state index in [1.54, 1.807) is 0 Å². The summed E-state index contributed by atoms with van der Waals surface area (Å²) < 4.78 is 13.7. The molecule has 0 amide bonds. The number of para-hydroxylation sites is 4. The van der Waals surface area contributed by atoms with Crippen LogP contribution in [0.3, 0.4) is 0 Å². The Morgan fingerprint density at radius 2 is 0.615 bits per heavy atom. The average Bonchev–Trinajstić information content (AvgIpc) is 1.15. The first-order valence-electron chi connectivity index (χ1n) is 47.3. The largest absolute Gasteiger partial charge is 0.454 e. The van der Waals surface area contributed by atoms with E-state index in [2.05, 4.69) is 439 Å². The summed E-state index contributed by atoms with van der Waals surface area (Å²) in [6, 6.07) is 101. The molecule has 0 bridgehead atoms. The van der Waals surface area contributed by atoms with E-state index in [4.69, 9.17) is 8.83 Å². The first-order chi connectivity index (χ1) is 62.2. The van der Waals surface area contributed by atoms with Gasteiger partial charge in [-0.3, -0.25) is 0 Å². The smallest absolute Gasteiger partial charge is 0.159 e. The molecule has 0 saturated carbocycles. The monoisotopic (exact) mass is 1700 g/mol. The minimum absolute atomic E-state index is 0.0000523. The molecule has 0 saturated heterocycles. The van der Waals surface area contributed by atoms with E-state index < -0.39 is 0 Å². The molecular formula is C124H120N4O2. The summed E-state index contributed by atoms with van der Waals surface area (Å²) in [7, 11) is 0. The highest BCUT2D eigenvalue weighted by Gasteiger charge is 2.39. The number of benzene rings is 18. The fourth-order valence-corrected chi connectivity index (χ4v) is 22.0. The predicted molar refractivity (Wildman–Crippen MR) is 560 cm³/mol. The summed E-state index contributed by atoms with van der Waals surface area (Å²) >= 11 is 0. The van der Waals surface area contributed by atoms with Gasteiger partial charge in [-0.2, -0.15) is 0 Å². The number of furan rings is 2. The Balaban J connectivity index is 0.000000158. The van der Waals surface area contributed by atoms with Crippen molar-refractivity contribution in [3.05, 3.63) is 356 Å². The number of fused-ring (bicyclic) bond motifs is 6. The summed E-state index contributed by atoms with van der Waals surface area (Å²) in [6.45, 7) is 51.1. The van der Waals surface area contributed by atoms with Gasteiger partial charge < -0.3 is 28.4 Å². The third-order valence-corrected chi connectivity index (χ3v) is 29.7. The Bertz CT molecular complexity index is 7980. The molecule has 0 unspecified atom stereocenters. The molecule has 0 N–H and O–H groups in total. The van der Waals surface area contributed by atoms with Crippen LogP contribution in [0.15, 0.2) is 276 Å². The van der Waals surface area contributed by atoms with Gasteiger partial charge in [0.15, 0.2) is 11.2 Å². The fourth-order valence-electron chi connectivity index (χ4n) is 22.0. The van der Waals surface area contributed by atoms with Crippen molar-refractivity contribution in [1.82, 2.24) is 0 Å². The average molecular weight is 1700 g/mol. The van der Waals surface area contributed by atoms with E-state index in [-0.39, 0.29) is 21.7 Å². The Morgan fingerprint density at radius 1 is 0.269 bits per heavy atom. The zero-order valence-electron chi connectivity index (χ0n) is 80.0. The van der Waals surface area contributed by atoms with Crippen molar-refractivity contribution in [3.8, 4) is 0 Å². The predicted octanol–water partition coefficient (Wildman–Crippen LogP) is 36.6. The second kappa shape index (κ2) is 30.8. The van der Waals surface area contributed by atoms with Gasteiger partial charge in [0.25, 0.3) is 0 Å². The Kier molecular flexibility index (Phi) is 19.8. The standard InChI is InChI=1S/C64H54N2O2.C60H66N2/c1-37(2)40-22-26-43(27-23-40)65(53-18-12-16-48-46-14-8-10-20-57(46)67-62(48)53)55-34-39(5)45-30-31-50-56(35-42-32-33-64(6,7)52-36-51(55)60(45)61(50)59(42)52)66(44-28-24-41(25-29-44)38(3)4)54-19-13-17-49-47-15-9-11-21-58(47)68-63(49)54;1-35-16-18-37(3)49(28-35)61(51-32-43(58(8,9)10)22-20-39(51)5)53-30-41(7)45-24-25-46-54(31-42-26-27-60(14,15)48-34-47(53)56(45)57(46)55(42)48)62(50-29-36(2)17-19-38(50)4)52-33-44(59(11,12)13)23-21-40(52)6/h8-31,34-38H,32-33H2,1-7H3;16-25,28-34H,26-27H2,1-15H3. The molecular weight excluding hydrogens is 1580 g/mol. The van der Waals surface area contributed by atoms with E-state index in [9.17, 15) is 0 Å². The molecule has 2 aromatic heterocycles. The molecule has 0 spiro atoms. The Hall–Kier alpha value is -13.2. The molecule has 130 heavy (non-hydrogen) atoms. The van der Waals surface area contributed by atoms with Crippen LogP contribution >= 0.6 is 0 Å². The van der Waals surface area contributed by atoms with Crippen molar-refractivity contribution in [3.63, 3.8) is 0 Å². The van der Waals surface area contributed by atoms with Crippen LogP contribution in [0.5, 0.6) is 0 Å². The van der Waals surface area contributed by atoms with Gasteiger partial charge in [0, 0.05) is 88.0 Å². The van der Waals surface area contributed by atoms with Crippen molar-refractivity contribution < 1.29 is 8.83 Å². The Labute approximate surface area is 767 Å². The van der Waals surface area contributed by atoms with Crippen molar-refractivity contribution in [1.29, 1.82) is 0 Å². The number of hydrogen-bond acceptors (Lipinski definition) is 6. The van der Waals surface area contributed by atoms with Crippen molar-refractivity contribution in [2.75, 3.05) is 19.6 Å². The molecule has 648 valence electrons. The topological polar surface area (TPSA) is 39.2 Å². The molecule has 2 heterocycles. The number of hydrogen-bond donors (Lipinski definition) is 0. The molecule has 0 atom stereocenters. The lowest BCUT2D eigenvalue weighted by atomic mass is 9.70. The lowest BCUT2D eigenvalue weighted by molar-refractivity contribution is 0.475. The fraction of sp³-hybridized carbons (Fsp3) is 0.258. The maximum Gasteiger partial charge on any atom is 0.159 e. The first kappa shape index (κ1) is 83.7. The van der Waals surface area contributed by atoms with E-state index in [1.807, 2.05) is 0 Å². The van der Waals surface area contributed by atoms with Gasteiger partial charge in [0.05, 0.1) is 34.1 Å². The van der Waals surface area contributed by atoms with Gasteiger partial charge in [0.1, 0.15) is 11.2 Å². The maximum absolute atomic E-state index is 6.87. The zero-order valence-corrected chi connectivity index (χ0v) is 80.0. The number of aryl methyl sites for hydroxylation is 10. The summed E-state index contributed by atoms with van der Waals surface area (Å²) in [4.78, 5) is 10.2. The SMILES string of the molecule is Cc1cc(N(c2ccc(C(C)C)cc2)c2cccc3c2oc2ccccc23)c2cc3c4c(cc(N(c5ccc(C(C)C)cc5)c5cccc6c5oc5ccccc56)c5ccc1c2c54)CCC3(C)C.Cc1ccc(C)c(N(c2cc(C(C)(C)C)ccc2C)c2cc(C)c3ccc4c(N(c5cc(C)ccc5C)c5cc(C(C)(C)C)ccc5C)cc5c6c(cc2c3c46)C(C)(C)CC5)c1. The second-order valence-corrected chi connectivity index (χ2v) is 42.2. The molecule has 0 fully saturated rings. The lowest BCUT2D eigenvalue weighted by Crippen LogP contribution is -2.24. The van der Waals surface area contributed by atoms with Crippen LogP contribution in [0.25, 0.3) is 109 Å². The summed E-state index contributed by atoms with van der Waals surface area (Å²) in [5.74, 6) is 0.833. The molecule has 2 aliphatic rings. The van der Waals surface area contributed by atoms with E-state index in [0.29, 0.717) is 11.8 Å². The van der Waals surface area contributed by atoms with Crippen LogP contribution in [0, 0.1) is 55.4 Å². The van der Waals surface area contributed by atoms with Crippen LogP contribution in [-0.2, 0) is 34.5 Å². The summed E-state index contributed by atoms with van der Waals surface area (Å²) in [5.41, 5.74) is 38.7. The quantitative estimate of drug-likeness (QED) is 0.101. The molecule has 2 aliphatic carbocycles. The van der Waals surface area contributed by atoms with Crippen LogP contribution < -0.4 is 19.6 Å². The van der Waals surface area contributed by atoms with Gasteiger partial charge >= 0.3 is 0 Å². The van der Waals surface area contributed by atoms with Gasteiger partial charge in [-0.1, -0.05) is 255 Å². The molecule has 6 heteroatoms.